The van der Waals surface area contributed by atoms with Crippen LogP contribution in [0.2, 0.25) is 0 Å². The highest BCUT2D eigenvalue weighted by molar-refractivity contribution is 7.20. The molecule has 0 aliphatic carbocycles. The first-order chi connectivity index (χ1) is 11.5. The number of fused-ring (bicyclic) bond motifs is 2. The molecular weight excluding hydrogens is 328 g/mol. The van der Waals surface area contributed by atoms with Crippen LogP contribution in [0.3, 0.4) is 0 Å². The summed E-state index contributed by atoms with van der Waals surface area (Å²) < 4.78 is 2.65. The van der Waals surface area contributed by atoms with Gasteiger partial charge in [0.1, 0.15) is 0 Å². The van der Waals surface area contributed by atoms with E-state index >= 15 is 0 Å². The molecule has 4 rings (SSSR count). The molecule has 24 heavy (non-hydrogen) atoms. The van der Waals surface area contributed by atoms with Crippen LogP contribution in [-0.4, -0.2) is 43.2 Å². The van der Waals surface area contributed by atoms with E-state index in [0.29, 0.717) is 23.7 Å². The number of hydrogen-bond donors (Lipinski definition) is 1. The molecule has 0 saturated heterocycles. The number of rotatable bonds is 2. The molecule has 0 radical (unpaired) electrons. The fourth-order valence-corrected chi connectivity index (χ4v) is 3.91. The zero-order chi connectivity index (χ0) is 16.8. The number of benzene rings is 1. The smallest absolute Gasteiger partial charge is 0.356 e. The fourth-order valence-electron chi connectivity index (χ4n) is 2.97. The number of amides is 1. The number of aromatic carboxylic acids is 1. The molecule has 1 N–H and O–H groups in total. The summed E-state index contributed by atoms with van der Waals surface area (Å²) in [6.07, 6.45) is 0.561. The molecule has 2 aromatic heterocycles. The Labute approximate surface area is 141 Å². The summed E-state index contributed by atoms with van der Waals surface area (Å²) in [5.41, 5.74) is 2.28. The van der Waals surface area contributed by atoms with Crippen molar-refractivity contribution in [1.82, 2.24) is 19.7 Å². The Morgan fingerprint density at radius 3 is 2.79 bits per heavy atom. The maximum Gasteiger partial charge on any atom is 0.356 e. The monoisotopic (exact) mass is 342 g/mol. The van der Waals surface area contributed by atoms with Gasteiger partial charge in [-0.05, 0) is 12.1 Å². The minimum Gasteiger partial charge on any atom is -0.476 e. The standard InChI is InChI=1S/C16H14N4O3S/c1-9(21)19-7-6-12-10(8-19)14(15(22)23)18-20(12)16-17-11-4-2-3-5-13(11)24-16/h2-5H,6-8H2,1H3,(H,22,23). The van der Waals surface area contributed by atoms with E-state index in [-0.39, 0.29) is 18.1 Å². The third kappa shape index (κ3) is 2.26. The number of hydrogen-bond acceptors (Lipinski definition) is 5. The second kappa shape index (κ2) is 5.41. The van der Waals surface area contributed by atoms with Gasteiger partial charge in [-0.25, -0.2) is 14.5 Å². The van der Waals surface area contributed by atoms with Gasteiger partial charge in [0, 0.05) is 32.0 Å². The molecule has 3 aromatic rings. The van der Waals surface area contributed by atoms with Crippen LogP contribution in [0, 0.1) is 0 Å². The van der Waals surface area contributed by atoms with Gasteiger partial charge in [0.05, 0.1) is 15.9 Å². The predicted molar refractivity (Wildman–Crippen MR) is 88.5 cm³/mol. The van der Waals surface area contributed by atoms with Gasteiger partial charge in [0.2, 0.25) is 11.0 Å². The lowest BCUT2D eigenvalue weighted by Gasteiger charge is -2.26. The number of carbonyl (C=O) groups excluding carboxylic acids is 1. The van der Waals surface area contributed by atoms with E-state index in [4.69, 9.17) is 0 Å². The summed E-state index contributed by atoms with van der Waals surface area (Å²) in [5, 5.41) is 14.4. The summed E-state index contributed by atoms with van der Waals surface area (Å²) >= 11 is 1.47. The van der Waals surface area contributed by atoms with Gasteiger partial charge in [-0.2, -0.15) is 5.10 Å². The van der Waals surface area contributed by atoms with Crippen molar-refractivity contribution in [2.75, 3.05) is 6.54 Å². The lowest BCUT2D eigenvalue weighted by atomic mass is 10.1. The van der Waals surface area contributed by atoms with Gasteiger partial charge in [-0.3, -0.25) is 4.79 Å². The van der Waals surface area contributed by atoms with Crippen LogP contribution in [-0.2, 0) is 17.8 Å². The summed E-state index contributed by atoms with van der Waals surface area (Å²) in [6, 6.07) is 7.75. The first-order valence-electron chi connectivity index (χ1n) is 7.50. The van der Waals surface area contributed by atoms with Crippen LogP contribution in [0.4, 0.5) is 0 Å². The molecule has 1 aliphatic rings. The number of para-hydroxylation sites is 1. The van der Waals surface area contributed by atoms with Crippen molar-refractivity contribution in [2.45, 2.75) is 19.9 Å². The number of carboxylic acid groups (broad SMARTS) is 1. The minimum atomic E-state index is -1.09. The van der Waals surface area contributed by atoms with Gasteiger partial charge < -0.3 is 10.0 Å². The lowest BCUT2D eigenvalue weighted by Crippen LogP contribution is -2.35. The molecule has 0 saturated carbocycles. The molecule has 1 aliphatic heterocycles. The van der Waals surface area contributed by atoms with Crippen molar-refractivity contribution in [3.05, 3.63) is 41.2 Å². The van der Waals surface area contributed by atoms with E-state index in [1.54, 1.807) is 9.58 Å². The number of thiazole rings is 1. The average molecular weight is 342 g/mol. The van der Waals surface area contributed by atoms with Crippen molar-refractivity contribution in [2.24, 2.45) is 0 Å². The zero-order valence-electron chi connectivity index (χ0n) is 12.9. The zero-order valence-corrected chi connectivity index (χ0v) is 13.7. The van der Waals surface area contributed by atoms with Gasteiger partial charge in [-0.15, -0.1) is 0 Å². The lowest BCUT2D eigenvalue weighted by molar-refractivity contribution is -0.129. The maximum atomic E-state index is 11.6. The quantitative estimate of drug-likeness (QED) is 0.770. The van der Waals surface area contributed by atoms with Gasteiger partial charge >= 0.3 is 5.97 Å². The molecule has 3 heterocycles. The maximum absolute atomic E-state index is 11.6. The molecule has 7 nitrogen and oxygen atoms in total. The number of nitrogens with zero attached hydrogens (tertiary/aromatic N) is 4. The van der Waals surface area contributed by atoms with Crippen LogP contribution in [0.1, 0.15) is 28.7 Å². The highest BCUT2D eigenvalue weighted by Gasteiger charge is 2.30. The first-order valence-corrected chi connectivity index (χ1v) is 8.32. The van der Waals surface area contributed by atoms with E-state index in [0.717, 1.165) is 15.9 Å². The van der Waals surface area contributed by atoms with Gasteiger partial charge in [0.25, 0.3) is 0 Å². The third-order valence-corrected chi connectivity index (χ3v) is 5.18. The Morgan fingerprint density at radius 1 is 1.29 bits per heavy atom. The van der Waals surface area contributed by atoms with Crippen molar-refractivity contribution >= 4 is 33.4 Å². The van der Waals surface area contributed by atoms with Crippen LogP contribution in [0.15, 0.2) is 24.3 Å². The Kier molecular flexibility index (Phi) is 3.34. The van der Waals surface area contributed by atoms with Crippen LogP contribution in [0.25, 0.3) is 15.3 Å². The second-order valence-corrected chi connectivity index (χ2v) is 6.65. The van der Waals surface area contributed by atoms with E-state index in [1.165, 1.54) is 18.3 Å². The van der Waals surface area contributed by atoms with Crippen LogP contribution in [0.5, 0.6) is 0 Å². The summed E-state index contributed by atoms with van der Waals surface area (Å²) in [4.78, 5) is 29.4. The molecular formula is C16H14N4O3S. The Morgan fingerprint density at radius 2 is 2.08 bits per heavy atom. The van der Waals surface area contributed by atoms with E-state index in [2.05, 4.69) is 10.1 Å². The molecule has 0 spiro atoms. The van der Waals surface area contributed by atoms with Crippen molar-refractivity contribution in [3.63, 3.8) is 0 Å². The summed E-state index contributed by atoms with van der Waals surface area (Å²) in [6.45, 7) is 2.32. The fraction of sp³-hybridized carbons (Fsp3) is 0.250. The second-order valence-electron chi connectivity index (χ2n) is 5.65. The third-order valence-electron chi connectivity index (χ3n) is 4.17. The summed E-state index contributed by atoms with van der Waals surface area (Å²) in [5.74, 6) is -1.15. The molecule has 8 heteroatoms. The first kappa shape index (κ1) is 14.8. The molecule has 0 bridgehead atoms. The topological polar surface area (TPSA) is 88.3 Å². The molecule has 122 valence electrons. The molecule has 0 atom stereocenters. The number of aromatic nitrogens is 3. The predicted octanol–water partition coefficient (Wildman–Crippen LogP) is 2.08. The normalized spacial score (nSPS) is 14.0. The minimum absolute atomic E-state index is 0.00444. The Hall–Kier alpha value is -2.74. The SMILES string of the molecule is CC(=O)N1CCc2c(c(C(=O)O)nn2-c2nc3ccccc3s2)C1. The summed E-state index contributed by atoms with van der Waals surface area (Å²) in [7, 11) is 0. The Bertz CT molecular complexity index is 942. The van der Waals surface area contributed by atoms with Crippen molar-refractivity contribution < 1.29 is 14.7 Å². The van der Waals surface area contributed by atoms with Gasteiger partial charge in [0.15, 0.2) is 5.69 Å². The largest absolute Gasteiger partial charge is 0.476 e. The van der Waals surface area contributed by atoms with Crippen LogP contribution >= 0.6 is 11.3 Å². The van der Waals surface area contributed by atoms with Gasteiger partial charge in [-0.1, -0.05) is 23.5 Å². The number of carboxylic acids is 1. The Balaban J connectivity index is 1.86. The van der Waals surface area contributed by atoms with Crippen molar-refractivity contribution in [1.29, 1.82) is 0 Å². The van der Waals surface area contributed by atoms with E-state index in [9.17, 15) is 14.7 Å². The highest BCUT2D eigenvalue weighted by Crippen LogP contribution is 2.29. The number of carbonyl (C=O) groups is 2. The van der Waals surface area contributed by atoms with Crippen LogP contribution < -0.4 is 0 Å². The van der Waals surface area contributed by atoms with Crippen molar-refractivity contribution in [3.8, 4) is 5.13 Å². The molecule has 1 aromatic carbocycles. The average Bonchev–Trinajstić information content (AvgIpc) is 3.15. The van der Waals surface area contributed by atoms with E-state index in [1.807, 2.05) is 24.3 Å². The molecule has 0 unspecified atom stereocenters. The molecule has 0 fully saturated rings. The van der Waals surface area contributed by atoms with E-state index < -0.39 is 5.97 Å². The molecule has 1 amide bonds. The highest BCUT2D eigenvalue weighted by atomic mass is 32.1.